The van der Waals surface area contributed by atoms with Gasteiger partial charge in [0.25, 0.3) is 0 Å². The molecule has 2 aliphatic rings. The molecular formula is C6H7Cl3O11S3. The predicted octanol–water partition coefficient (Wildman–Crippen LogP) is -0.652. The van der Waals surface area contributed by atoms with E-state index in [1.807, 2.05) is 0 Å². The minimum atomic E-state index is -4.69. The van der Waals surface area contributed by atoms with Gasteiger partial charge in [-0.15, -0.1) is 0 Å². The average Bonchev–Trinajstić information content (AvgIpc) is 2.71. The lowest BCUT2D eigenvalue weighted by Crippen LogP contribution is -2.57. The summed E-state index contributed by atoms with van der Waals surface area (Å²) in [6, 6.07) is 0. The van der Waals surface area contributed by atoms with Gasteiger partial charge in [-0.2, -0.15) is 25.3 Å². The second-order valence-electron chi connectivity index (χ2n) is 4.24. The van der Waals surface area contributed by atoms with Crippen LogP contribution in [-0.2, 0) is 50.0 Å². The molecule has 2 bridgehead atoms. The van der Waals surface area contributed by atoms with E-state index >= 15 is 0 Å². The van der Waals surface area contributed by atoms with E-state index in [9.17, 15) is 25.3 Å². The van der Waals surface area contributed by atoms with Gasteiger partial charge in [-0.05, 0) is 0 Å². The number of hydrogen-bond acceptors (Lipinski definition) is 11. The van der Waals surface area contributed by atoms with E-state index in [-0.39, 0.29) is 6.61 Å². The highest BCUT2D eigenvalue weighted by Gasteiger charge is 2.56. The van der Waals surface area contributed by atoms with Crippen molar-refractivity contribution in [2.24, 2.45) is 0 Å². The van der Waals surface area contributed by atoms with Crippen molar-refractivity contribution in [1.29, 1.82) is 0 Å². The largest absolute Gasteiger partial charge is 0.356 e. The molecule has 136 valence electrons. The molecule has 0 amide bonds. The van der Waals surface area contributed by atoms with Gasteiger partial charge in [-0.25, -0.2) is 12.5 Å². The van der Waals surface area contributed by atoms with Gasteiger partial charge in [0.05, 0.1) is 6.61 Å². The van der Waals surface area contributed by atoms with Gasteiger partial charge in [0.15, 0.2) is 12.4 Å². The molecule has 0 unspecified atom stereocenters. The quantitative estimate of drug-likeness (QED) is 0.468. The molecule has 23 heavy (non-hydrogen) atoms. The smallest absolute Gasteiger partial charge is 0.347 e. The van der Waals surface area contributed by atoms with Crippen molar-refractivity contribution in [3.05, 3.63) is 0 Å². The van der Waals surface area contributed by atoms with Crippen molar-refractivity contribution >= 4 is 60.0 Å². The topological polar surface area (TPSA) is 149 Å². The molecule has 0 N–H and O–H groups in total. The predicted molar refractivity (Wildman–Crippen MR) is 73.6 cm³/mol. The Morgan fingerprint density at radius 1 is 0.739 bits per heavy atom. The van der Waals surface area contributed by atoms with Crippen LogP contribution in [0.1, 0.15) is 0 Å². The van der Waals surface area contributed by atoms with Crippen LogP contribution in [0.4, 0.5) is 0 Å². The molecular weight excluding hydrogens is 451 g/mol. The van der Waals surface area contributed by atoms with E-state index < -0.39 is 58.7 Å². The van der Waals surface area contributed by atoms with Gasteiger partial charge in [0.2, 0.25) is 0 Å². The van der Waals surface area contributed by atoms with E-state index in [2.05, 4.69) is 12.5 Å². The highest BCUT2D eigenvalue weighted by Crippen LogP contribution is 2.36. The Kier molecular flexibility index (Phi) is 5.76. The number of halogens is 3. The van der Waals surface area contributed by atoms with Crippen LogP contribution >= 0.6 is 32.0 Å². The summed E-state index contributed by atoms with van der Waals surface area (Å²) in [4.78, 5) is 0. The molecule has 0 spiro atoms. The van der Waals surface area contributed by atoms with Gasteiger partial charge >= 0.3 is 28.0 Å². The highest BCUT2D eigenvalue weighted by molar-refractivity contribution is 8.10. The minimum absolute atomic E-state index is 0.286. The molecule has 0 aromatic rings. The lowest BCUT2D eigenvalue weighted by Gasteiger charge is -2.37. The zero-order valence-electron chi connectivity index (χ0n) is 10.4. The summed E-state index contributed by atoms with van der Waals surface area (Å²) in [5.74, 6) is 0. The second kappa shape index (κ2) is 6.68. The minimum Gasteiger partial charge on any atom is -0.347 e. The first kappa shape index (κ1) is 19.8. The van der Waals surface area contributed by atoms with Crippen molar-refractivity contribution < 1.29 is 47.3 Å². The Morgan fingerprint density at radius 3 is 1.65 bits per heavy atom. The van der Waals surface area contributed by atoms with E-state index in [4.69, 9.17) is 41.5 Å². The summed E-state index contributed by atoms with van der Waals surface area (Å²) in [7, 11) is 0.868. The summed E-state index contributed by atoms with van der Waals surface area (Å²) in [5.41, 5.74) is 0. The van der Waals surface area contributed by atoms with Gasteiger partial charge in [0.1, 0.15) is 18.3 Å². The first-order chi connectivity index (χ1) is 10.3. The number of ether oxygens (including phenoxy) is 2. The monoisotopic (exact) mass is 456 g/mol. The molecule has 2 rings (SSSR count). The van der Waals surface area contributed by atoms with E-state index in [1.165, 1.54) is 0 Å². The third-order valence-corrected chi connectivity index (χ3v) is 4.71. The third-order valence-electron chi connectivity index (χ3n) is 2.69. The Balaban J connectivity index is 2.41. The molecule has 5 atom stereocenters. The normalized spacial score (nSPS) is 35.3. The summed E-state index contributed by atoms with van der Waals surface area (Å²) < 4.78 is 90.2. The standard InChI is InChI=1S/C6H7Cl3O11S3/c7-21(10,11)18-3-2-1-16-6(17-2)5(20-23(9,14)15)4(3)19-22(8,12)13/h2-6H,1H2/t2-,3+,4+,5-,6-/m1/s1. The summed E-state index contributed by atoms with van der Waals surface area (Å²) in [5, 5.41) is 0. The second-order valence-corrected chi connectivity index (χ2v) is 10.6. The van der Waals surface area contributed by atoms with Gasteiger partial charge in [0, 0.05) is 32.0 Å². The number of rotatable bonds is 6. The van der Waals surface area contributed by atoms with Crippen LogP contribution in [0.5, 0.6) is 0 Å². The van der Waals surface area contributed by atoms with E-state index in [0.29, 0.717) is 0 Å². The lowest BCUT2D eigenvalue weighted by atomic mass is 10.0. The molecule has 0 aromatic heterocycles. The zero-order valence-corrected chi connectivity index (χ0v) is 15.2. The van der Waals surface area contributed by atoms with Crippen molar-refractivity contribution in [1.82, 2.24) is 0 Å². The maximum absolute atomic E-state index is 11.1. The number of hydrogen-bond donors (Lipinski definition) is 0. The molecule has 2 aliphatic heterocycles. The van der Waals surface area contributed by atoms with Crippen LogP contribution in [0.3, 0.4) is 0 Å². The van der Waals surface area contributed by atoms with E-state index in [1.54, 1.807) is 0 Å². The Bertz CT molecular complexity index is 713. The third kappa shape index (κ3) is 5.78. The van der Waals surface area contributed by atoms with Crippen LogP contribution in [0.25, 0.3) is 0 Å². The fourth-order valence-corrected chi connectivity index (χ4v) is 4.27. The summed E-state index contributed by atoms with van der Waals surface area (Å²) in [6.45, 7) is -0.286. The van der Waals surface area contributed by atoms with Crippen LogP contribution < -0.4 is 0 Å². The zero-order chi connectivity index (χ0) is 17.6. The first-order valence-corrected chi connectivity index (χ1v) is 12.1. The maximum atomic E-state index is 11.1. The fraction of sp³-hybridized carbons (Fsp3) is 1.00. The molecule has 17 heteroatoms. The Morgan fingerprint density at radius 2 is 1.17 bits per heavy atom. The highest BCUT2D eigenvalue weighted by atomic mass is 35.7. The molecule has 2 saturated heterocycles. The van der Waals surface area contributed by atoms with Crippen LogP contribution in [0.15, 0.2) is 0 Å². The molecule has 2 fully saturated rings. The van der Waals surface area contributed by atoms with Crippen molar-refractivity contribution in [2.75, 3.05) is 6.61 Å². The molecule has 0 aromatic carbocycles. The molecule has 2 heterocycles. The molecule has 11 nitrogen and oxygen atoms in total. The van der Waals surface area contributed by atoms with Gasteiger partial charge in [-0.1, -0.05) is 0 Å². The Labute approximate surface area is 144 Å². The average molecular weight is 458 g/mol. The maximum Gasteiger partial charge on any atom is 0.356 e. The van der Waals surface area contributed by atoms with Gasteiger partial charge in [-0.3, -0.25) is 0 Å². The van der Waals surface area contributed by atoms with Crippen LogP contribution in [0.2, 0.25) is 0 Å². The van der Waals surface area contributed by atoms with E-state index in [0.717, 1.165) is 0 Å². The first-order valence-electron chi connectivity index (χ1n) is 5.41. The molecule has 0 saturated carbocycles. The SMILES string of the molecule is O=S(=O)(Cl)O[C@H]1[C@@H](OS(=O)(=O)Cl)[C@H]2CO[C@H](O2)[C@@H]1OS(=O)(=O)Cl. The number of fused-ring (bicyclic) bond motifs is 2. The summed E-state index contributed by atoms with van der Waals surface area (Å²) >= 11 is 0. The Hall–Kier alpha value is 0.520. The van der Waals surface area contributed by atoms with Crippen molar-refractivity contribution in [3.63, 3.8) is 0 Å². The lowest BCUT2D eigenvalue weighted by molar-refractivity contribution is -0.205. The summed E-state index contributed by atoms with van der Waals surface area (Å²) in [6.07, 6.45) is -8.00. The van der Waals surface area contributed by atoms with Crippen LogP contribution in [-0.4, -0.2) is 62.6 Å². The van der Waals surface area contributed by atoms with Gasteiger partial charge < -0.3 is 9.47 Å². The molecule has 0 radical (unpaired) electrons. The fourth-order valence-electron chi connectivity index (χ4n) is 2.06. The van der Waals surface area contributed by atoms with Crippen molar-refractivity contribution in [2.45, 2.75) is 30.7 Å². The van der Waals surface area contributed by atoms with Crippen molar-refractivity contribution in [3.8, 4) is 0 Å². The van der Waals surface area contributed by atoms with Crippen LogP contribution in [0, 0.1) is 0 Å². The molecule has 0 aliphatic carbocycles.